The van der Waals surface area contributed by atoms with Gasteiger partial charge in [0, 0.05) is 0 Å². The van der Waals surface area contributed by atoms with E-state index in [1.807, 2.05) is 13.0 Å². The Morgan fingerprint density at radius 3 is 2.86 bits per heavy atom. The molecule has 4 heteroatoms. The summed E-state index contributed by atoms with van der Waals surface area (Å²) in [5, 5.41) is 8.67. The smallest absolute Gasteiger partial charge is 0.184 e. The summed E-state index contributed by atoms with van der Waals surface area (Å²) in [4.78, 5) is 0. The zero-order chi connectivity index (χ0) is 10.6. The number of halogens is 2. The highest BCUT2D eigenvalue weighted by Gasteiger charge is 2.09. The van der Waals surface area contributed by atoms with Gasteiger partial charge in [-0.2, -0.15) is 5.26 Å². The molecule has 0 fully saturated rings. The van der Waals surface area contributed by atoms with E-state index < -0.39 is 6.10 Å². The minimum atomic E-state index is -0.489. The number of nitriles is 1. The van der Waals surface area contributed by atoms with Crippen LogP contribution in [0.4, 0.5) is 4.39 Å². The molecule has 1 rings (SSSR count). The van der Waals surface area contributed by atoms with Gasteiger partial charge in [0.05, 0.1) is 4.47 Å². The third-order valence-electron chi connectivity index (χ3n) is 1.68. The van der Waals surface area contributed by atoms with Crippen molar-refractivity contribution >= 4 is 15.9 Å². The van der Waals surface area contributed by atoms with E-state index in [1.165, 1.54) is 18.2 Å². The third kappa shape index (κ3) is 2.71. The van der Waals surface area contributed by atoms with E-state index in [0.717, 1.165) is 0 Å². The number of ether oxygens (including phenoxy) is 1. The summed E-state index contributed by atoms with van der Waals surface area (Å²) in [5.74, 6) is 0.147. The van der Waals surface area contributed by atoms with Crippen LogP contribution in [0.3, 0.4) is 0 Å². The van der Waals surface area contributed by atoms with Gasteiger partial charge in [-0.25, -0.2) is 4.39 Å². The van der Waals surface area contributed by atoms with Gasteiger partial charge in [0.25, 0.3) is 0 Å². The van der Waals surface area contributed by atoms with Gasteiger partial charge in [0.15, 0.2) is 6.10 Å². The van der Waals surface area contributed by atoms with Crippen LogP contribution in [0.25, 0.3) is 0 Å². The highest BCUT2D eigenvalue weighted by Crippen LogP contribution is 2.26. The maximum Gasteiger partial charge on any atom is 0.184 e. The molecule has 1 aromatic rings. The summed E-state index contributed by atoms with van der Waals surface area (Å²) in [7, 11) is 0. The van der Waals surface area contributed by atoms with Crippen LogP contribution in [0.5, 0.6) is 5.75 Å². The average Bonchev–Trinajstić information content (AvgIpc) is 2.17. The Hall–Kier alpha value is -1.08. The van der Waals surface area contributed by atoms with Crippen LogP contribution in [0.2, 0.25) is 0 Å². The first-order valence-electron chi connectivity index (χ1n) is 4.18. The topological polar surface area (TPSA) is 33.0 Å². The van der Waals surface area contributed by atoms with Crippen LogP contribution >= 0.6 is 15.9 Å². The van der Waals surface area contributed by atoms with Gasteiger partial charge in [-0.3, -0.25) is 0 Å². The van der Waals surface area contributed by atoms with Crippen LogP contribution in [0.1, 0.15) is 13.3 Å². The van der Waals surface area contributed by atoms with Gasteiger partial charge in [0.1, 0.15) is 17.6 Å². The molecule has 0 spiro atoms. The van der Waals surface area contributed by atoms with Crippen LogP contribution in [-0.4, -0.2) is 6.10 Å². The lowest BCUT2D eigenvalue weighted by Crippen LogP contribution is -2.12. The van der Waals surface area contributed by atoms with Crippen molar-refractivity contribution in [2.24, 2.45) is 0 Å². The van der Waals surface area contributed by atoms with E-state index in [-0.39, 0.29) is 5.82 Å². The number of rotatable bonds is 3. The van der Waals surface area contributed by atoms with Gasteiger partial charge in [-0.05, 0) is 40.5 Å². The molecule has 0 radical (unpaired) electrons. The first-order valence-corrected chi connectivity index (χ1v) is 4.98. The summed E-state index contributed by atoms with van der Waals surface area (Å²) in [6, 6.07) is 6.11. The molecule has 1 atom stereocenters. The highest BCUT2D eigenvalue weighted by atomic mass is 79.9. The molecule has 0 bridgehead atoms. The van der Waals surface area contributed by atoms with E-state index in [1.54, 1.807) is 0 Å². The quantitative estimate of drug-likeness (QED) is 0.833. The van der Waals surface area contributed by atoms with Gasteiger partial charge >= 0.3 is 0 Å². The van der Waals surface area contributed by atoms with Gasteiger partial charge < -0.3 is 4.74 Å². The number of nitrogens with zero attached hydrogens (tertiary/aromatic N) is 1. The van der Waals surface area contributed by atoms with E-state index in [4.69, 9.17) is 10.00 Å². The highest BCUT2D eigenvalue weighted by molar-refractivity contribution is 9.10. The van der Waals surface area contributed by atoms with E-state index in [2.05, 4.69) is 15.9 Å². The summed E-state index contributed by atoms with van der Waals surface area (Å²) < 4.78 is 18.5. The molecule has 0 aliphatic rings. The van der Waals surface area contributed by atoms with Gasteiger partial charge in [-0.1, -0.05) is 6.92 Å². The largest absolute Gasteiger partial charge is 0.474 e. The third-order valence-corrected chi connectivity index (χ3v) is 2.30. The second-order valence-electron chi connectivity index (χ2n) is 2.72. The van der Waals surface area contributed by atoms with E-state index >= 15 is 0 Å². The van der Waals surface area contributed by atoms with Crippen LogP contribution in [-0.2, 0) is 0 Å². The van der Waals surface area contributed by atoms with Crippen molar-refractivity contribution in [1.29, 1.82) is 5.26 Å². The maximum atomic E-state index is 12.7. The summed E-state index contributed by atoms with van der Waals surface area (Å²) in [6.45, 7) is 1.85. The Balaban J connectivity index is 2.82. The minimum absolute atomic E-state index is 0.339. The van der Waals surface area contributed by atoms with Crippen LogP contribution in [0, 0.1) is 17.1 Å². The molecule has 0 aliphatic carbocycles. The molecular weight excluding hydrogens is 249 g/mol. The van der Waals surface area contributed by atoms with Gasteiger partial charge in [0.2, 0.25) is 0 Å². The molecule has 0 amide bonds. The summed E-state index contributed by atoms with van der Waals surface area (Å²) >= 11 is 3.16. The molecule has 0 heterocycles. The van der Waals surface area contributed by atoms with Crippen molar-refractivity contribution in [3.05, 3.63) is 28.5 Å². The lowest BCUT2D eigenvalue weighted by Gasteiger charge is -2.11. The van der Waals surface area contributed by atoms with E-state index in [9.17, 15) is 4.39 Å². The Bertz CT molecular complexity index is 362. The lowest BCUT2D eigenvalue weighted by atomic mass is 10.3. The molecule has 0 N–H and O–H groups in total. The molecular formula is C10H9BrFNO. The molecule has 0 aliphatic heterocycles. The Kier molecular flexibility index (Phi) is 3.90. The first-order chi connectivity index (χ1) is 6.67. The van der Waals surface area contributed by atoms with Gasteiger partial charge in [-0.15, -0.1) is 0 Å². The van der Waals surface area contributed by atoms with Crippen molar-refractivity contribution in [3.63, 3.8) is 0 Å². The second kappa shape index (κ2) is 4.97. The second-order valence-corrected chi connectivity index (χ2v) is 3.57. The summed E-state index contributed by atoms with van der Waals surface area (Å²) in [6.07, 6.45) is 0.108. The first kappa shape index (κ1) is 11.0. The fourth-order valence-electron chi connectivity index (χ4n) is 0.925. The normalized spacial score (nSPS) is 11.9. The van der Waals surface area contributed by atoms with Crippen LogP contribution < -0.4 is 4.74 Å². The zero-order valence-corrected chi connectivity index (χ0v) is 9.21. The minimum Gasteiger partial charge on any atom is -0.474 e. The number of hydrogen-bond donors (Lipinski definition) is 0. The van der Waals surface area contributed by atoms with Crippen molar-refractivity contribution in [2.75, 3.05) is 0 Å². The van der Waals surface area contributed by atoms with Crippen molar-refractivity contribution in [2.45, 2.75) is 19.4 Å². The zero-order valence-electron chi connectivity index (χ0n) is 7.63. The standard InChI is InChI=1S/C10H9BrFNO/c1-2-8(6-13)14-10-4-3-7(12)5-9(10)11/h3-5,8H,2H2,1H3. The monoisotopic (exact) mass is 257 g/mol. The predicted octanol–water partition coefficient (Wildman–Crippen LogP) is 3.27. The molecule has 0 saturated carbocycles. The van der Waals surface area contributed by atoms with Crippen molar-refractivity contribution < 1.29 is 9.13 Å². The fourth-order valence-corrected chi connectivity index (χ4v) is 1.37. The molecule has 1 unspecified atom stereocenters. The van der Waals surface area contributed by atoms with Crippen molar-refractivity contribution in [3.8, 4) is 11.8 Å². The SMILES string of the molecule is CCC(C#N)Oc1ccc(F)cc1Br. The number of benzene rings is 1. The lowest BCUT2D eigenvalue weighted by molar-refractivity contribution is 0.250. The molecule has 0 aromatic heterocycles. The predicted molar refractivity (Wildman–Crippen MR) is 54.4 cm³/mol. The number of hydrogen-bond acceptors (Lipinski definition) is 2. The van der Waals surface area contributed by atoms with Crippen LogP contribution in [0.15, 0.2) is 22.7 Å². The summed E-state index contributed by atoms with van der Waals surface area (Å²) in [5.41, 5.74) is 0. The molecule has 1 aromatic carbocycles. The van der Waals surface area contributed by atoms with E-state index in [0.29, 0.717) is 16.6 Å². The molecule has 2 nitrogen and oxygen atoms in total. The maximum absolute atomic E-state index is 12.7. The average molecular weight is 258 g/mol. The Labute approximate surface area is 90.4 Å². The molecule has 14 heavy (non-hydrogen) atoms. The Morgan fingerprint density at radius 2 is 2.36 bits per heavy atom. The fraction of sp³-hybridized carbons (Fsp3) is 0.300. The van der Waals surface area contributed by atoms with Crippen molar-refractivity contribution in [1.82, 2.24) is 0 Å². The molecule has 0 saturated heterocycles. The Morgan fingerprint density at radius 1 is 1.64 bits per heavy atom. The molecule has 74 valence electrons.